The Kier molecular flexibility index (Phi) is 5.43. The van der Waals surface area contributed by atoms with E-state index in [1.165, 1.54) is 25.7 Å². The Labute approximate surface area is 196 Å². The van der Waals surface area contributed by atoms with Crippen LogP contribution in [0.15, 0.2) is 36.4 Å². The summed E-state index contributed by atoms with van der Waals surface area (Å²) in [6.45, 7) is 4.85. The Morgan fingerprint density at radius 1 is 1.09 bits per heavy atom. The van der Waals surface area contributed by atoms with Gasteiger partial charge in [-0.1, -0.05) is 31.5 Å². The molecule has 1 aromatic carbocycles. The number of benzene rings is 1. The van der Waals surface area contributed by atoms with Gasteiger partial charge < -0.3 is 10.2 Å². The van der Waals surface area contributed by atoms with Crippen molar-refractivity contribution in [3.8, 4) is 0 Å². The second kappa shape index (κ2) is 7.90. The van der Waals surface area contributed by atoms with E-state index in [2.05, 4.69) is 25.2 Å². The van der Waals surface area contributed by atoms with E-state index >= 15 is 0 Å². The summed E-state index contributed by atoms with van der Waals surface area (Å²) in [6.07, 6.45) is 11.7. The molecule has 0 bridgehead atoms. The number of hydrogen-bond donors (Lipinski definition) is 1. The van der Waals surface area contributed by atoms with E-state index in [0.29, 0.717) is 41.2 Å². The highest BCUT2D eigenvalue weighted by molar-refractivity contribution is 6.30. The van der Waals surface area contributed by atoms with Crippen LogP contribution in [0.5, 0.6) is 0 Å². The summed E-state index contributed by atoms with van der Waals surface area (Å²) >= 11 is 5.97. The Balaban J connectivity index is 1.31. The molecule has 1 aromatic rings. The minimum Gasteiger partial charge on any atom is -0.338 e. The maximum absolute atomic E-state index is 12.9. The second-order valence-electron chi connectivity index (χ2n) is 11.2. The SMILES string of the molecule is CN1C(=O)C=C[C@]2(C)C3CC[C@@]4(C)C(CC[C@@H]4CC(=O)Nc4ccc(Cl)cc4)C3CCC12. The van der Waals surface area contributed by atoms with E-state index in [4.69, 9.17) is 11.6 Å². The zero-order valence-electron chi connectivity index (χ0n) is 19.4. The number of carbonyl (C=O) groups is 2. The van der Waals surface area contributed by atoms with Gasteiger partial charge in [0.15, 0.2) is 0 Å². The van der Waals surface area contributed by atoms with Crippen LogP contribution >= 0.6 is 11.6 Å². The Morgan fingerprint density at radius 2 is 1.84 bits per heavy atom. The van der Waals surface area contributed by atoms with Crippen molar-refractivity contribution < 1.29 is 9.59 Å². The van der Waals surface area contributed by atoms with E-state index in [9.17, 15) is 9.59 Å². The van der Waals surface area contributed by atoms with Crippen molar-refractivity contribution in [3.63, 3.8) is 0 Å². The number of anilines is 1. The lowest BCUT2D eigenvalue weighted by atomic mass is 9.47. The fourth-order valence-corrected chi connectivity index (χ4v) is 8.28. The Morgan fingerprint density at radius 3 is 2.59 bits per heavy atom. The van der Waals surface area contributed by atoms with Gasteiger partial charge in [-0.15, -0.1) is 0 Å². The largest absolute Gasteiger partial charge is 0.338 e. The van der Waals surface area contributed by atoms with Crippen molar-refractivity contribution in [2.24, 2.45) is 34.5 Å². The molecular weight excluding hydrogens is 420 g/mol. The van der Waals surface area contributed by atoms with Crippen LogP contribution in [0.3, 0.4) is 0 Å². The van der Waals surface area contributed by atoms with Gasteiger partial charge in [-0.25, -0.2) is 0 Å². The standard InChI is InChI=1S/C27H35ClN2O2/c1-26-14-12-22-20(9-11-23-27(22,2)15-13-25(32)30(23)3)21(26)10-4-17(26)16-24(31)29-19-7-5-18(28)6-8-19/h5-8,13,15,17,20-23H,4,9-12,14,16H2,1-3H3,(H,29,31)/t17-,20?,21?,22?,23?,26-,27-/m1/s1. The highest BCUT2D eigenvalue weighted by Gasteiger charge is 2.60. The number of rotatable bonds is 3. The number of amides is 2. The molecule has 1 aliphatic heterocycles. The summed E-state index contributed by atoms with van der Waals surface area (Å²) < 4.78 is 0. The third kappa shape index (κ3) is 3.41. The van der Waals surface area contributed by atoms with Gasteiger partial charge in [0.05, 0.1) is 0 Å². The third-order valence-corrected chi connectivity index (χ3v) is 10.1. The van der Waals surface area contributed by atoms with Crippen LogP contribution < -0.4 is 5.32 Å². The molecule has 0 radical (unpaired) electrons. The molecule has 2 amide bonds. The Hall–Kier alpha value is -1.81. The van der Waals surface area contributed by atoms with Gasteiger partial charge in [0.2, 0.25) is 11.8 Å². The van der Waals surface area contributed by atoms with Crippen LogP contribution in [0.1, 0.15) is 58.8 Å². The van der Waals surface area contributed by atoms with Crippen LogP contribution in [0.4, 0.5) is 5.69 Å². The maximum Gasteiger partial charge on any atom is 0.246 e. The van der Waals surface area contributed by atoms with Crippen molar-refractivity contribution >= 4 is 29.1 Å². The first-order valence-electron chi connectivity index (χ1n) is 12.2. The van der Waals surface area contributed by atoms with E-state index in [0.717, 1.165) is 18.5 Å². The van der Waals surface area contributed by atoms with Crippen LogP contribution in [-0.2, 0) is 9.59 Å². The first-order valence-corrected chi connectivity index (χ1v) is 12.6. The molecule has 4 nitrogen and oxygen atoms in total. The zero-order chi connectivity index (χ0) is 22.7. The molecule has 0 spiro atoms. The molecule has 172 valence electrons. The lowest BCUT2D eigenvalue weighted by molar-refractivity contribution is -0.139. The fourth-order valence-electron chi connectivity index (χ4n) is 8.15. The molecule has 4 unspecified atom stereocenters. The summed E-state index contributed by atoms with van der Waals surface area (Å²) in [5.41, 5.74) is 1.13. The van der Waals surface area contributed by atoms with E-state index in [-0.39, 0.29) is 22.6 Å². The summed E-state index contributed by atoms with van der Waals surface area (Å²) in [5.74, 6) is 2.73. The van der Waals surface area contributed by atoms with E-state index in [1.54, 1.807) is 0 Å². The molecule has 1 heterocycles. The number of nitrogens with zero attached hydrogens (tertiary/aromatic N) is 1. The van der Waals surface area contributed by atoms with Crippen molar-refractivity contribution in [2.45, 2.75) is 64.8 Å². The van der Waals surface area contributed by atoms with Crippen LogP contribution in [0, 0.1) is 34.5 Å². The molecule has 5 heteroatoms. The second-order valence-corrected chi connectivity index (χ2v) is 11.6. The monoisotopic (exact) mass is 454 g/mol. The van der Waals surface area contributed by atoms with Gasteiger partial charge in [-0.3, -0.25) is 9.59 Å². The van der Waals surface area contributed by atoms with E-state index in [1.807, 2.05) is 42.3 Å². The number of nitrogens with one attached hydrogen (secondary N) is 1. The summed E-state index contributed by atoms with van der Waals surface area (Å²) in [7, 11) is 1.98. The molecule has 5 rings (SSSR count). The van der Waals surface area contributed by atoms with Crippen molar-refractivity contribution in [3.05, 3.63) is 41.4 Å². The minimum atomic E-state index is 0.0803. The number of hydrogen-bond acceptors (Lipinski definition) is 2. The number of likely N-dealkylation sites (N-methyl/N-ethyl adjacent to an activating group) is 1. The first kappa shape index (κ1) is 22.0. The van der Waals surface area contributed by atoms with Gasteiger partial charge in [0, 0.05) is 35.6 Å². The van der Waals surface area contributed by atoms with Crippen molar-refractivity contribution in [1.29, 1.82) is 0 Å². The van der Waals surface area contributed by atoms with Crippen LogP contribution in [-0.4, -0.2) is 29.8 Å². The van der Waals surface area contributed by atoms with Gasteiger partial charge in [0.1, 0.15) is 0 Å². The van der Waals surface area contributed by atoms with Crippen molar-refractivity contribution in [1.82, 2.24) is 4.90 Å². The predicted octanol–water partition coefficient (Wildman–Crippen LogP) is 5.92. The quantitative estimate of drug-likeness (QED) is 0.615. The smallest absolute Gasteiger partial charge is 0.246 e. The maximum atomic E-state index is 12.9. The molecule has 0 aromatic heterocycles. The fraction of sp³-hybridized carbons (Fsp3) is 0.630. The van der Waals surface area contributed by atoms with Gasteiger partial charge >= 0.3 is 0 Å². The van der Waals surface area contributed by atoms with E-state index < -0.39 is 0 Å². The normalized spacial score (nSPS) is 40.4. The van der Waals surface area contributed by atoms with Gasteiger partial charge in [-0.2, -0.15) is 0 Å². The molecule has 0 saturated heterocycles. The lowest BCUT2D eigenvalue weighted by Crippen LogP contribution is -2.59. The zero-order valence-corrected chi connectivity index (χ0v) is 20.2. The number of fused-ring (bicyclic) bond motifs is 5. The molecule has 4 aliphatic rings. The predicted molar refractivity (Wildman–Crippen MR) is 128 cm³/mol. The molecule has 1 N–H and O–H groups in total. The molecule has 32 heavy (non-hydrogen) atoms. The minimum absolute atomic E-state index is 0.0803. The average Bonchev–Trinajstić information content (AvgIpc) is 3.09. The number of carbonyl (C=O) groups excluding carboxylic acids is 2. The summed E-state index contributed by atoms with van der Waals surface area (Å²) in [4.78, 5) is 27.1. The van der Waals surface area contributed by atoms with Crippen LogP contribution in [0.2, 0.25) is 5.02 Å². The van der Waals surface area contributed by atoms with Gasteiger partial charge in [0.25, 0.3) is 0 Å². The number of halogens is 1. The molecular formula is C27H35ClN2O2. The third-order valence-electron chi connectivity index (χ3n) is 9.88. The highest BCUT2D eigenvalue weighted by Crippen LogP contribution is 2.65. The lowest BCUT2D eigenvalue weighted by Gasteiger charge is -2.60. The molecule has 3 fully saturated rings. The summed E-state index contributed by atoms with van der Waals surface area (Å²) in [6, 6.07) is 7.68. The average molecular weight is 455 g/mol. The highest BCUT2D eigenvalue weighted by atomic mass is 35.5. The van der Waals surface area contributed by atoms with Gasteiger partial charge in [-0.05, 0) is 98.0 Å². The Bertz CT molecular complexity index is 943. The van der Waals surface area contributed by atoms with Crippen molar-refractivity contribution in [2.75, 3.05) is 12.4 Å². The molecule has 7 atom stereocenters. The topological polar surface area (TPSA) is 49.4 Å². The summed E-state index contributed by atoms with van der Waals surface area (Å²) in [5, 5.41) is 3.75. The van der Waals surface area contributed by atoms with Crippen LogP contribution in [0.25, 0.3) is 0 Å². The first-order chi connectivity index (χ1) is 15.2. The molecule has 3 aliphatic carbocycles. The molecule has 3 saturated carbocycles.